The zero-order valence-corrected chi connectivity index (χ0v) is 13.7. The van der Waals surface area contributed by atoms with Crippen molar-refractivity contribution >= 4 is 17.8 Å². The Balaban J connectivity index is 2.12. The van der Waals surface area contributed by atoms with Gasteiger partial charge in [0, 0.05) is 13.1 Å². The Morgan fingerprint density at radius 2 is 1.92 bits per heavy atom. The van der Waals surface area contributed by atoms with Crippen molar-refractivity contribution in [2.75, 3.05) is 14.2 Å². The van der Waals surface area contributed by atoms with Gasteiger partial charge in [-0.2, -0.15) is 0 Å². The smallest absolute Gasteiger partial charge is 0.326 e. The number of benzene rings is 1. The zero-order valence-electron chi connectivity index (χ0n) is 13.7. The molecule has 0 aliphatic carbocycles. The van der Waals surface area contributed by atoms with Crippen LogP contribution in [0.25, 0.3) is 0 Å². The highest BCUT2D eigenvalue weighted by Crippen LogP contribution is 2.49. The second kappa shape index (κ2) is 5.66. The maximum absolute atomic E-state index is 13.2. The third-order valence-corrected chi connectivity index (χ3v) is 5.21. The van der Waals surface area contributed by atoms with Gasteiger partial charge in [0.15, 0.2) is 0 Å². The van der Waals surface area contributed by atoms with Crippen LogP contribution in [-0.4, -0.2) is 42.4 Å². The zero-order chi connectivity index (χ0) is 17.6. The summed E-state index contributed by atoms with van der Waals surface area (Å²) in [5.74, 6) is -3.25. The maximum Gasteiger partial charge on any atom is 0.326 e. The van der Waals surface area contributed by atoms with Crippen molar-refractivity contribution in [2.45, 2.75) is 24.9 Å². The van der Waals surface area contributed by atoms with Crippen molar-refractivity contribution in [3.05, 3.63) is 35.6 Å². The number of hydrogen-bond donors (Lipinski definition) is 1. The Bertz CT molecular complexity index is 705. The van der Waals surface area contributed by atoms with Crippen LogP contribution in [0.5, 0.6) is 0 Å². The summed E-state index contributed by atoms with van der Waals surface area (Å²) in [6, 6.07) is 5.14. The summed E-state index contributed by atoms with van der Waals surface area (Å²) in [6.07, 6.45) is 0.297. The summed E-state index contributed by atoms with van der Waals surface area (Å²) in [6.45, 7) is 1.77. The average Bonchev–Trinajstić information content (AvgIpc) is 3.05. The number of likely N-dealkylation sites (tertiary alicyclic amines) is 1. The fourth-order valence-corrected chi connectivity index (χ4v) is 3.94. The molecule has 2 fully saturated rings. The number of rotatable bonds is 3. The van der Waals surface area contributed by atoms with E-state index in [2.05, 4.69) is 5.32 Å². The third kappa shape index (κ3) is 2.07. The highest BCUT2D eigenvalue weighted by Gasteiger charge is 2.67. The molecule has 0 spiro atoms. The van der Waals surface area contributed by atoms with E-state index in [0.717, 1.165) is 4.90 Å². The van der Waals surface area contributed by atoms with E-state index in [4.69, 9.17) is 4.74 Å². The third-order valence-electron chi connectivity index (χ3n) is 5.21. The first kappa shape index (κ1) is 16.6. The fourth-order valence-electron chi connectivity index (χ4n) is 3.94. The molecule has 128 valence electrons. The number of halogens is 1. The lowest BCUT2D eigenvalue weighted by molar-refractivity contribution is -0.154. The number of amides is 2. The lowest BCUT2D eigenvalue weighted by atomic mass is 9.78. The van der Waals surface area contributed by atoms with Crippen LogP contribution in [0.15, 0.2) is 24.3 Å². The molecule has 0 aromatic heterocycles. The van der Waals surface area contributed by atoms with Crippen LogP contribution >= 0.6 is 0 Å². The van der Waals surface area contributed by atoms with Gasteiger partial charge in [-0.05, 0) is 24.1 Å². The highest BCUT2D eigenvalue weighted by atomic mass is 19.1. The molecular formula is C17H19FN2O4. The normalized spacial score (nSPS) is 32.2. The molecule has 1 aromatic carbocycles. The molecule has 0 unspecified atom stereocenters. The number of fused-ring (bicyclic) bond motifs is 1. The molecule has 4 atom stereocenters. The van der Waals surface area contributed by atoms with Gasteiger partial charge in [0.1, 0.15) is 11.4 Å². The van der Waals surface area contributed by atoms with E-state index in [0.29, 0.717) is 12.0 Å². The first-order valence-corrected chi connectivity index (χ1v) is 7.80. The minimum absolute atomic E-state index is 0.297. The van der Waals surface area contributed by atoms with E-state index >= 15 is 0 Å². The van der Waals surface area contributed by atoms with E-state index in [-0.39, 0.29) is 5.91 Å². The van der Waals surface area contributed by atoms with Crippen molar-refractivity contribution in [3.8, 4) is 0 Å². The van der Waals surface area contributed by atoms with Crippen molar-refractivity contribution < 1.29 is 23.5 Å². The van der Waals surface area contributed by atoms with Crippen LogP contribution in [0, 0.1) is 17.7 Å². The van der Waals surface area contributed by atoms with E-state index in [1.54, 1.807) is 19.1 Å². The minimum Gasteiger partial charge on any atom is -0.468 e. The molecule has 24 heavy (non-hydrogen) atoms. The first-order valence-electron chi connectivity index (χ1n) is 7.80. The number of nitrogens with one attached hydrogen (secondary N) is 1. The molecule has 3 rings (SSSR count). The van der Waals surface area contributed by atoms with Crippen molar-refractivity contribution in [1.82, 2.24) is 10.2 Å². The number of ether oxygens (including phenoxy) is 1. The molecule has 7 heteroatoms. The lowest BCUT2D eigenvalue weighted by Crippen LogP contribution is -2.55. The molecule has 1 aromatic rings. The molecule has 2 aliphatic rings. The predicted molar refractivity (Wildman–Crippen MR) is 82.1 cm³/mol. The summed E-state index contributed by atoms with van der Waals surface area (Å²) in [7, 11) is 2.68. The van der Waals surface area contributed by atoms with Crippen LogP contribution in [0.1, 0.15) is 24.9 Å². The molecule has 2 aliphatic heterocycles. The van der Waals surface area contributed by atoms with Crippen molar-refractivity contribution in [3.63, 3.8) is 0 Å². The highest BCUT2D eigenvalue weighted by molar-refractivity contribution is 6.09. The Hall–Kier alpha value is -2.28. The largest absolute Gasteiger partial charge is 0.468 e. The second-order valence-corrected chi connectivity index (χ2v) is 6.23. The number of hydrogen-bond acceptors (Lipinski definition) is 5. The molecule has 1 N–H and O–H groups in total. The van der Waals surface area contributed by atoms with Gasteiger partial charge in [-0.3, -0.25) is 24.6 Å². The van der Waals surface area contributed by atoms with Crippen LogP contribution in [0.4, 0.5) is 4.39 Å². The quantitative estimate of drug-likeness (QED) is 0.660. The van der Waals surface area contributed by atoms with Gasteiger partial charge in [-0.1, -0.05) is 19.1 Å². The van der Waals surface area contributed by atoms with E-state index < -0.39 is 41.1 Å². The molecule has 2 heterocycles. The Morgan fingerprint density at radius 3 is 2.46 bits per heavy atom. The number of imide groups is 1. The second-order valence-electron chi connectivity index (χ2n) is 6.23. The van der Waals surface area contributed by atoms with Gasteiger partial charge in [-0.15, -0.1) is 0 Å². The Kier molecular flexibility index (Phi) is 3.91. The van der Waals surface area contributed by atoms with Gasteiger partial charge >= 0.3 is 5.97 Å². The SMILES string of the molecule is CC[C@]1(C(=O)OC)N[C@H](c2ccc(F)cc2)[C@H]2C(=O)N(C)C(=O)[C@H]21. The van der Waals surface area contributed by atoms with Crippen molar-refractivity contribution in [1.29, 1.82) is 0 Å². The monoisotopic (exact) mass is 334 g/mol. The summed E-state index contributed by atoms with van der Waals surface area (Å²) in [5.41, 5.74) is -0.613. The Labute approximate surface area is 139 Å². The molecule has 0 radical (unpaired) electrons. The predicted octanol–water partition coefficient (Wildman–Crippen LogP) is 1.02. The van der Waals surface area contributed by atoms with Gasteiger partial charge in [-0.25, -0.2) is 4.39 Å². The topological polar surface area (TPSA) is 75.7 Å². The summed E-state index contributed by atoms with van der Waals surface area (Å²) in [5, 5.41) is 3.16. The number of nitrogens with zero attached hydrogens (tertiary/aromatic N) is 1. The van der Waals surface area contributed by atoms with Gasteiger partial charge in [0.2, 0.25) is 11.8 Å². The number of carbonyl (C=O) groups is 3. The standard InChI is InChI=1S/C17H19FN2O4/c1-4-17(16(23)24-3)12-11(14(21)20(2)15(12)22)13(19-17)9-5-7-10(18)8-6-9/h5-8,11-13,19H,4H2,1-3H3/t11-,12-,13+,17-/m0/s1. The van der Waals surface area contributed by atoms with Gasteiger partial charge < -0.3 is 4.74 Å². The first-order chi connectivity index (χ1) is 11.4. The number of esters is 1. The van der Waals surface area contributed by atoms with Crippen LogP contribution in [0.2, 0.25) is 0 Å². The maximum atomic E-state index is 13.2. The average molecular weight is 334 g/mol. The van der Waals surface area contributed by atoms with E-state index in [1.807, 2.05) is 0 Å². The van der Waals surface area contributed by atoms with Crippen LogP contribution in [0.3, 0.4) is 0 Å². The van der Waals surface area contributed by atoms with Gasteiger partial charge in [0.05, 0.1) is 18.9 Å². The fraction of sp³-hybridized carbons (Fsp3) is 0.471. The number of methoxy groups -OCH3 is 1. The van der Waals surface area contributed by atoms with Crippen molar-refractivity contribution in [2.24, 2.45) is 11.8 Å². The lowest BCUT2D eigenvalue weighted by Gasteiger charge is -2.30. The molecular weight excluding hydrogens is 315 g/mol. The molecule has 2 amide bonds. The van der Waals surface area contributed by atoms with Crippen LogP contribution < -0.4 is 5.32 Å². The minimum atomic E-state index is -1.27. The van der Waals surface area contributed by atoms with E-state index in [1.165, 1.54) is 26.3 Å². The van der Waals surface area contributed by atoms with E-state index in [9.17, 15) is 18.8 Å². The summed E-state index contributed by atoms with van der Waals surface area (Å²) < 4.78 is 18.1. The molecule has 2 saturated heterocycles. The molecule has 6 nitrogen and oxygen atoms in total. The molecule has 0 saturated carbocycles. The number of carbonyl (C=O) groups excluding carboxylic acids is 3. The Morgan fingerprint density at radius 1 is 1.29 bits per heavy atom. The summed E-state index contributed by atoms with van der Waals surface area (Å²) in [4.78, 5) is 38.8. The summed E-state index contributed by atoms with van der Waals surface area (Å²) >= 11 is 0. The van der Waals surface area contributed by atoms with Crippen LogP contribution in [-0.2, 0) is 19.1 Å². The van der Waals surface area contributed by atoms with Gasteiger partial charge in [0.25, 0.3) is 0 Å². The molecule has 0 bridgehead atoms.